The first-order valence-electron chi connectivity index (χ1n) is 9.59. The Morgan fingerprint density at radius 1 is 1.27 bits per heavy atom. The summed E-state index contributed by atoms with van der Waals surface area (Å²) in [5.41, 5.74) is 0.740. The van der Waals surface area contributed by atoms with Crippen molar-refractivity contribution in [2.45, 2.75) is 50.1 Å². The van der Waals surface area contributed by atoms with Crippen LogP contribution in [0.15, 0.2) is 30.3 Å². The Bertz CT molecular complexity index is 614. The van der Waals surface area contributed by atoms with E-state index in [0.29, 0.717) is 6.54 Å². The molecule has 142 valence electrons. The van der Waals surface area contributed by atoms with Crippen LogP contribution in [0.1, 0.15) is 37.7 Å². The monoisotopic (exact) mass is 359 g/mol. The minimum Gasteiger partial charge on any atom is -0.394 e. The summed E-state index contributed by atoms with van der Waals surface area (Å²) in [6.07, 6.45) is 4.66. The largest absolute Gasteiger partial charge is 0.394 e. The van der Waals surface area contributed by atoms with Gasteiger partial charge in [-0.05, 0) is 24.8 Å². The molecule has 6 heteroatoms. The Labute approximate surface area is 155 Å². The fourth-order valence-electron chi connectivity index (χ4n) is 4.07. The van der Waals surface area contributed by atoms with Crippen LogP contribution >= 0.6 is 0 Å². The van der Waals surface area contributed by atoms with Crippen molar-refractivity contribution in [2.24, 2.45) is 0 Å². The van der Waals surface area contributed by atoms with E-state index in [4.69, 9.17) is 0 Å². The highest BCUT2D eigenvalue weighted by Gasteiger charge is 2.37. The van der Waals surface area contributed by atoms with E-state index in [1.165, 1.54) is 5.56 Å². The fraction of sp³-hybridized carbons (Fsp3) is 0.600. The van der Waals surface area contributed by atoms with E-state index < -0.39 is 11.6 Å². The molecule has 2 amide bonds. The molecule has 3 N–H and O–H groups in total. The van der Waals surface area contributed by atoms with E-state index in [-0.39, 0.29) is 24.8 Å². The number of hydrogen-bond donors (Lipinski definition) is 3. The van der Waals surface area contributed by atoms with Crippen LogP contribution in [0, 0.1) is 0 Å². The van der Waals surface area contributed by atoms with Crippen molar-refractivity contribution in [3.8, 4) is 0 Å². The Kier molecular flexibility index (Phi) is 6.27. The van der Waals surface area contributed by atoms with E-state index in [2.05, 4.69) is 27.7 Å². The maximum absolute atomic E-state index is 12.6. The van der Waals surface area contributed by atoms with Crippen molar-refractivity contribution in [2.75, 3.05) is 26.2 Å². The van der Waals surface area contributed by atoms with Crippen molar-refractivity contribution < 1.29 is 14.7 Å². The highest BCUT2D eigenvalue weighted by molar-refractivity contribution is 5.89. The minimum absolute atomic E-state index is 0.0344. The average molecular weight is 359 g/mol. The predicted octanol–water partition coefficient (Wildman–Crippen LogP) is 0.841. The molecular formula is C20H29N3O3. The third kappa shape index (κ3) is 4.62. The van der Waals surface area contributed by atoms with Gasteiger partial charge in [0, 0.05) is 19.6 Å². The Hall–Kier alpha value is -1.92. The number of carbonyl (C=O) groups is 2. The zero-order chi connectivity index (χ0) is 18.4. The van der Waals surface area contributed by atoms with Crippen LogP contribution in [0.25, 0.3) is 0 Å². The van der Waals surface area contributed by atoms with Gasteiger partial charge in [-0.25, -0.2) is 0 Å². The molecular weight excluding hydrogens is 330 g/mol. The molecule has 0 aromatic heterocycles. The van der Waals surface area contributed by atoms with Crippen LogP contribution < -0.4 is 10.6 Å². The molecule has 0 spiro atoms. The molecule has 1 heterocycles. The highest BCUT2D eigenvalue weighted by atomic mass is 16.3. The number of rotatable bonds is 7. The number of nitrogens with one attached hydrogen (secondary N) is 2. The summed E-state index contributed by atoms with van der Waals surface area (Å²) in [6.45, 7) is 2.09. The molecule has 2 aliphatic rings. The highest BCUT2D eigenvalue weighted by Crippen LogP contribution is 2.29. The first-order chi connectivity index (χ1) is 12.6. The molecule has 2 fully saturated rings. The van der Waals surface area contributed by atoms with Crippen molar-refractivity contribution in [3.63, 3.8) is 0 Å². The zero-order valence-corrected chi connectivity index (χ0v) is 15.2. The molecule has 1 aliphatic heterocycles. The van der Waals surface area contributed by atoms with Gasteiger partial charge >= 0.3 is 0 Å². The van der Waals surface area contributed by atoms with Crippen molar-refractivity contribution in [1.29, 1.82) is 0 Å². The lowest BCUT2D eigenvalue weighted by Gasteiger charge is -2.36. The standard InChI is InChI=1S/C20H29N3O3/c24-15-20(9-4-5-10-20)22-18(25)14-17-19(26)21-11-13-23(17)12-8-16-6-2-1-3-7-16/h1-3,6-7,17,24H,4-5,8-15H2,(H,21,26)(H,22,25)/t17-/m0/s1. The molecule has 0 radical (unpaired) electrons. The van der Waals surface area contributed by atoms with Gasteiger partial charge in [0.25, 0.3) is 0 Å². The summed E-state index contributed by atoms with van der Waals surface area (Å²) in [6, 6.07) is 9.74. The predicted molar refractivity (Wildman–Crippen MR) is 99.6 cm³/mol. The van der Waals surface area contributed by atoms with Gasteiger partial charge in [-0.3, -0.25) is 14.5 Å². The summed E-state index contributed by atoms with van der Waals surface area (Å²) in [5, 5.41) is 15.6. The van der Waals surface area contributed by atoms with Gasteiger partial charge in [0.1, 0.15) is 0 Å². The third-order valence-corrected chi connectivity index (χ3v) is 5.62. The number of hydrogen-bond acceptors (Lipinski definition) is 4. The zero-order valence-electron chi connectivity index (χ0n) is 15.2. The van der Waals surface area contributed by atoms with E-state index in [0.717, 1.165) is 45.2 Å². The maximum Gasteiger partial charge on any atom is 0.237 e. The SMILES string of the molecule is O=C(C[C@H]1C(=O)NCCN1CCc1ccccc1)NC1(CO)CCCC1. The number of carbonyl (C=O) groups excluding carboxylic acids is 2. The lowest BCUT2D eigenvalue weighted by molar-refractivity contribution is -0.134. The molecule has 26 heavy (non-hydrogen) atoms. The molecule has 0 unspecified atom stereocenters. The number of aliphatic hydroxyl groups is 1. The van der Waals surface area contributed by atoms with Crippen molar-refractivity contribution in [3.05, 3.63) is 35.9 Å². The maximum atomic E-state index is 12.6. The van der Waals surface area contributed by atoms with Gasteiger partial charge in [0.2, 0.25) is 11.8 Å². The topological polar surface area (TPSA) is 81.7 Å². The summed E-state index contributed by atoms with van der Waals surface area (Å²) in [7, 11) is 0. The second-order valence-corrected chi connectivity index (χ2v) is 7.48. The third-order valence-electron chi connectivity index (χ3n) is 5.62. The Morgan fingerprint density at radius 3 is 2.69 bits per heavy atom. The first kappa shape index (κ1) is 18.9. The van der Waals surface area contributed by atoms with Gasteiger partial charge in [0.05, 0.1) is 24.6 Å². The average Bonchev–Trinajstić information content (AvgIpc) is 3.12. The number of nitrogens with zero attached hydrogens (tertiary/aromatic N) is 1. The lowest BCUT2D eigenvalue weighted by atomic mass is 9.98. The van der Waals surface area contributed by atoms with Crippen molar-refractivity contribution >= 4 is 11.8 Å². The number of aliphatic hydroxyl groups excluding tert-OH is 1. The normalized spacial score (nSPS) is 22.8. The smallest absolute Gasteiger partial charge is 0.237 e. The second-order valence-electron chi connectivity index (χ2n) is 7.48. The van der Waals surface area contributed by atoms with Crippen LogP contribution in [0.3, 0.4) is 0 Å². The lowest BCUT2D eigenvalue weighted by Crippen LogP contribution is -2.58. The molecule has 1 saturated heterocycles. The van der Waals surface area contributed by atoms with Crippen LogP contribution in [0.4, 0.5) is 0 Å². The van der Waals surface area contributed by atoms with Crippen LogP contribution in [0.5, 0.6) is 0 Å². The summed E-state index contributed by atoms with van der Waals surface area (Å²) in [5.74, 6) is -0.225. The van der Waals surface area contributed by atoms with Gasteiger partial charge in [0.15, 0.2) is 0 Å². The van der Waals surface area contributed by atoms with Crippen molar-refractivity contribution in [1.82, 2.24) is 15.5 Å². The van der Waals surface area contributed by atoms with Crippen LogP contribution in [0.2, 0.25) is 0 Å². The van der Waals surface area contributed by atoms with E-state index >= 15 is 0 Å². The molecule has 6 nitrogen and oxygen atoms in total. The van der Waals surface area contributed by atoms with E-state index in [1.54, 1.807) is 0 Å². The molecule has 1 aromatic rings. The summed E-state index contributed by atoms with van der Waals surface area (Å²) < 4.78 is 0. The van der Waals surface area contributed by atoms with Crippen LogP contribution in [-0.4, -0.2) is 59.6 Å². The van der Waals surface area contributed by atoms with Gasteiger partial charge in [-0.15, -0.1) is 0 Å². The van der Waals surface area contributed by atoms with Gasteiger partial charge in [-0.2, -0.15) is 0 Å². The molecule has 1 aromatic carbocycles. The summed E-state index contributed by atoms with van der Waals surface area (Å²) in [4.78, 5) is 27.0. The minimum atomic E-state index is -0.489. The quantitative estimate of drug-likeness (QED) is 0.674. The molecule has 1 aliphatic carbocycles. The summed E-state index contributed by atoms with van der Waals surface area (Å²) >= 11 is 0. The first-order valence-corrected chi connectivity index (χ1v) is 9.59. The number of benzene rings is 1. The number of piperazine rings is 1. The Morgan fingerprint density at radius 2 is 2.00 bits per heavy atom. The van der Waals surface area contributed by atoms with Crippen LogP contribution in [-0.2, 0) is 16.0 Å². The van der Waals surface area contributed by atoms with E-state index in [9.17, 15) is 14.7 Å². The van der Waals surface area contributed by atoms with Gasteiger partial charge < -0.3 is 15.7 Å². The van der Waals surface area contributed by atoms with E-state index in [1.807, 2.05) is 18.2 Å². The Balaban J connectivity index is 1.59. The number of amides is 2. The van der Waals surface area contributed by atoms with Gasteiger partial charge in [-0.1, -0.05) is 43.2 Å². The molecule has 0 bridgehead atoms. The molecule has 1 saturated carbocycles. The molecule has 1 atom stereocenters. The fourth-order valence-corrected chi connectivity index (χ4v) is 4.07. The second kappa shape index (κ2) is 8.64. The molecule has 3 rings (SSSR count).